The van der Waals surface area contributed by atoms with Gasteiger partial charge in [-0.15, -0.1) is 0 Å². The maximum atomic E-state index is 12.5. The molecule has 0 unspecified atom stereocenters. The standard InChI is InChI=1S/C15H13F3N2O5S2/c1-10-2-6-12(7-3-10)26(22,23)19-14(21)20-27(24,25)13-8-4-11(5-9-13)15(16,17)18/h2-9H,1H3,(H2,19,20,21). The number of halogens is 3. The van der Waals surface area contributed by atoms with E-state index in [2.05, 4.69) is 0 Å². The Balaban J connectivity index is 2.15. The highest BCUT2D eigenvalue weighted by molar-refractivity contribution is 7.91. The molecule has 0 saturated heterocycles. The second kappa shape index (κ2) is 7.19. The molecular formula is C15H13F3N2O5S2. The van der Waals surface area contributed by atoms with E-state index in [0.717, 1.165) is 5.56 Å². The first-order valence-electron chi connectivity index (χ1n) is 7.15. The predicted molar refractivity (Wildman–Crippen MR) is 88.7 cm³/mol. The maximum absolute atomic E-state index is 12.5. The number of carbonyl (C=O) groups is 1. The summed E-state index contributed by atoms with van der Waals surface area (Å²) in [6, 6.07) is 6.15. The molecular weight excluding hydrogens is 409 g/mol. The van der Waals surface area contributed by atoms with E-state index in [1.54, 1.807) is 6.92 Å². The van der Waals surface area contributed by atoms with Crippen LogP contribution >= 0.6 is 0 Å². The summed E-state index contributed by atoms with van der Waals surface area (Å²) < 4.78 is 88.6. The number of hydrogen-bond acceptors (Lipinski definition) is 5. The minimum Gasteiger partial charge on any atom is -0.247 e. The molecule has 0 aliphatic carbocycles. The summed E-state index contributed by atoms with van der Waals surface area (Å²) in [6.07, 6.45) is -4.66. The van der Waals surface area contributed by atoms with Crippen molar-refractivity contribution >= 4 is 26.1 Å². The van der Waals surface area contributed by atoms with Crippen molar-refractivity contribution in [1.29, 1.82) is 0 Å². The fourth-order valence-electron chi connectivity index (χ4n) is 1.92. The number of nitrogens with one attached hydrogen (secondary N) is 2. The normalized spacial score (nSPS) is 12.4. The van der Waals surface area contributed by atoms with Gasteiger partial charge < -0.3 is 0 Å². The lowest BCUT2D eigenvalue weighted by atomic mass is 10.2. The molecule has 7 nitrogen and oxygen atoms in total. The molecule has 2 aromatic carbocycles. The number of amides is 2. The van der Waals surface area contributed by atoms with Crippen molar-refractivity contribution in [2.45, 2.75) is 22.9 Å². The monoisotopic (exact) mass is 422 g/mol. The summed E-state index contributed by atoms with van der Waals surface area (Å²) in [5.41, 5.74) is -0.309. The Morgan fingerprint density at radius 2 is 1.15 bits per heavy atom. The Morgan fingerprint density at radius 1 is 0.778 bits per heavy atom. The maximum Gasteiger partial charge on any atom is 0.416 e. The highest BCUT2D eigenvalue weighted by atomic mass is 32.2. The smallest absolute Gasteiger partial charge is 0.247 e. The molecule has 146 valence electrons. The van der Waals surface area contributed by atoms with Gasteiger partial charge in [0.25, 0.3) is 20.0 Å². The lowest BCUT2D eigenvalue weighted by Crippen LogP contribution is -2.42. The van der Waals surface area contributed by atoms with E-state index < -0.39 is 42.7 Å². The number of alkyl halides is 3. The number of carbonyl (C=O) groups excluding carboxylic acids is 1. The van der Waals surface area contributed by atoms with Gasteiger partial charge in [0.05, 0.1) is 15.4 Å². The first kappa shape index (κ1) is 20.7. The van der Waals surface area contributed by atoms with Crippen LogP contribution in [0.5, 0.6) is 0 Å². The number of sulfonamides is 2. The molecule has 0 bridgehead atoms. The lowest BCUT2D eigenvalue weighted by Gasteiger charge is -2.11. The van der Waals surface area contributed by atoms with E-state index in [4.69, 9.17) is 0 Å². The van der Waals surface area contributed by atoms with Gasteiger partial charge in [-0.25, -0.2) is 31.1 Å². The van der Waals surface area contributed by atoms with Gasteiger partial charge in [0.2, 0.25) is 0 Å². The third-order valence-electron chi connectivity index (χ3n) is 3.28. The van der Waals surface area contributed by atoms with Crippen LogP contribution in [0.15, 0.2) is 58.3 Å². The second-order valence-electron chi connectivity index (χ2n) is 5.38. The number of benzene rings is 2. The van der Waals surface area contributed by atoms with Crippen LogP contribution in [0.3, 0.4) is 0 Å². The van der Waals surface area contributed by atoms with Crippen molar-refractivity contribution in [2.75, 3.05) is 0 Å². The third kappa shape index (κ3) is 5.20. The van der Waals surface area contributed by atoms with Gasteiger partial charge in [-0.05, 0) is 43.3 Å². The Hall–Kier alpha value is -2.60. The fraction of sp³-hybridized carbons (Fsp3) is 0.133. The van der Waals surface area contributed by atoms with Gasteiger partial charge in [0.15, 0.2) is 0 Å². The molecule has 0 aliphatic rings. The van der Waals surface area contributed by atoms with Crippen LogP contribution in [0.1, 0.15) is 11.1 Å². The van der Waals surface area contributed by atoms with Crippen LogP contribution < -0.4 is 9.44 Å². The van der Waals surface area contributed by atoms with Crippen molar-refractivity contribution in [3.8, 4) is 0 Å². The largest absolute Gasteiger partial charge is 0.416 e. The van der Waals surface area contributed by atoms with E-state index >= 15 is 0 Å². The molecule has 2 N–H and O–H groups in total. The molecule has 12 heteroatoms. The highest BCUT2D eigenvalue weighted by Crippen LogP contribution is 2.29. The van der Waals surface area contributed by atoms with Crippen LogP contribution in [0.4, 0.5) is 18.0 Å². The zero-order valence-corrected chi connectivity index (χ0v) is 15.2. The molecule has 0 atom stereocenters. The van der Waals surface area contributed by atoms with Crippen LogP contribution in [0.25, 0.3) is 0 Å². The Morgan fingerprint density at radius 3 is 1.52 bits per heavy atom. The number of hydrogen-bond donors (Lipinski definition) is 2. The van der Waals surface area contributed by atoms with E-state index in [0.29, 0.717) is 24.3 Å². The average Bonchev–Trinajstić information content (AvgIpc) is 2.53. The van der Waals surface area contributed by atoms with Crippen molar-refractivity contribution in [1.82, 2.24) is 9.44 Å². The molecule has 27 heavy (non-hydrogen) atoms. The molecule has 0 fully saturated rings. The summed E-state index contributed by atoms with van der Waals surface area (Å²) in [4.78, 5) is 10.8. The summed E-state index contributed by atoms with van der Waals surface area (Å²) >= 11 is 0. The van der Waals surface area contributed by atoms with E-state index in [1.807, 2.05) is 0 Å². The predicted octanol–water partition coefficient (Wildman–Crippen LogP) is 2.39. The fourth-order valence-corrected chi connectivity index (χ4v) is 3.80. The quantitative estimate of drug-likeness (QED) is 0.786. The van der Waals surface area contributed by atoms with Gasteiger partial charge in [-0.3, -0.25) is 0 Å². The van der Waals surface area contributed by atoms with Gasteiger partial charge in [0.1, 0.15) is 0 Å². The molecule has 0 saturated carbocycles. The van der Waals surface area contributed by atoms with Gasteiger partial charge in [0, 0.05) is 0 Å². The SMILES string of the molecule is Cc1ccc(S(=O)(=O)NC(=O)NS(=O)(=O)c2ccc(C(F)(F)F)cc2)cc1. The van der Waals surface area contributed by atoms with Crippen molar-refractivity contribution in [3.63, 3.8) is 0 Å². The van der Waals surface area contributed by atoms with E-state index in [9.17, 15) is 34.8 Å². The van der Waals surface area contributed by atoms with E-state index in [-0.39, 0.29) is 4.90 Å². The van der Waals surface area contributed by atoms with E-state index in [1.165, 1.54) is 33.7 Å². The summed E-state index contributed by atoms with van der Waals surface area (Å²) in [6.45, 7) is 1.72. The summed E-state index contributed by atoms with van der Waals surface area (Å²) in [7, 11) is -8.91. The number of rotatable bonds is 4. The van der Waals surface area contributed by atoms with Crippen molar-refractivity contribution in [2.24, 2.45) is 0 Å². The summed E-state index contributed by atoms with van der Waals surface area (Å²) in [5.74, 6) is 0. The van der Waals surface area contributed by atoms with Crippen LogP contribution in [-0.2, 0) is 26.2 Å². The number of urea groups is 1. The molecule has 2 aromatic rings. The van der Waals surface area contributed by atoms with Crippen molar-refractivity contribution < 1.29 is 34.8 Å². The Bertz CT molecular complexity index is 1050. The average molecular weight is 422 g/mol. The summed E-state index contributed by atoms with van der Waals surface area (Å²) in [5, 5.41) is 0. The first-order chi connectivity index (χ1) is 12.3. The molecule has 2 rings (SSSR count). The highest BCUT2D eigenvalue weighted by Gasteiger charge is 2.31. The molecule has 0 heterocycles. The van der Waals surface area contributed by atoms with Crippen molar-refractivity contribution in [3.05, 3.63) is 59.7 Å². The van der Waals surface area contributed by atoms with Crippen LogP contribution in [0.2, 0.25) is 0 Å². The first-order valence-corrected chi connectivity index (χ1v) is 10.1. The van der Waals surface area contributed by atoms with Crippen LogP contribution in [0, 0.1) is 6.92 Å². The molecule has 0 aromatic heterocycles. The topological polar surface area (TPSA) is 109 Å². The molecule has 0 aliphatic heterocycles. The minimum atomic E-state index is -4.66. The minimum absolute atomic E-state index is 0.268. The second-order valence-corrected chi connectivity index (χ2v) is 8.74. The zero-order chi connectivity index (χ0) is 20.5. The molecule has 2 amide bonds. The Kier molecular flexibility index (Phi) is 5.52. The van der Waals surface area contributed by atoms with Gasteiger partial charge in [-0.1, -0.05) is 17.7 Å². The van der Waals surface area contributed by atoms with Gasteiger partial charge in [-0.2, -0.15) is 13.2 Å². The lowest BCUT2D eigenvalue weighted by molar-refractivity contribution is -0.137. The third-order valence-corrected chi connectivity index (χ3v) is 5.97. The molecule has 0 radical (unpaired) electrons. The van der Waals surface area contributed by atoms with Gasteiger partial charge >= 0.3 is 12.2 Å². The number of aryl methyl sites for hydroxylation is 1. The Labute approximate surface area is 153 Å². The van der Waals surface area contributed by atoms with Crippen LogP contribution in [-0.4, -0.2) is 22.9 Å². The molecule has 0 spiro atoms. The zero-order valence-electron chi connectivity index (χ0n) is 13.6.